The van der Waals surface area contributed by atoms with Gasteiger partial charge in [-0.15, -0.1) is 0 Å². The van der Waals surface area contributed by atoms with Crippen molar-refractivity contribution in [2.45, 2.75) is 46.4 Å². The number of benzene rings is 1. The lowest BCUT2D eigenvalue weighted by Gasteiger charge is -2.22. The number of hydrogen-bond donors (Lipinski definition) is 1. The Hall–Kier alpha value is -2.59. The van der Waals surface area contributed by atoms with Crippen molar-refractivity contribution in [3.8, 4) is 11.1 Å². The first kappa shape index (κ1) is 24.7. The highest BCUT2D eigenvalue weighted by Crippen LogP contribution is 2.50. The first-order valence-electron chi connectivity index (χ1n) is 9.63. The highest BCUT2D eigenvalue weighted by molar-refractivity contribution is 7.53. The summed E-state index contributed by atoms with van der Waals surface area (Å²) in [6.45, 7) is 6.95. The summed E-state index contributed by atoms with van der Waals surface area (Å²) in [5.74, 6) is 0. The number of aromatic nitrogens is 2. The first-order chi connectivity index (χ1) is 14.5. The van der Waals surface area contributed by atoms with Crippen LogP contribution >= 0.6 is 7.60 Å². The van der Waals surface area contributed by atoms with E-state index in [1.54, 1.807) is 27.7 Å². The van der Waals surface area contributed by atoms with Gasteiger partial charge >= 0.3 is 13.3 Å². The third-order valence-electron chi connectivity index (χ3n) is 3.85. The Morgan fingerprint density at radius 3 is 2.39 bits per heavy atom. The second kappa shape index (κ2) is 10.6. The molecule has 0 saturated carbocycles. The Morgan fingerprint density at radius 2 is 1.81 bits per heavy atom. The minimum absolute atomic E-state index is 0.00672. The van der Waals surface area contributed by atoms with Gasteiger partial charge in [-0.05, 0) is 33.3 Å². The predicted octanol–water partition coefficient (Wildman–Crippen LogP) is 3.13. The van der Waals surface area contributed by atoms with E-state index in [-0.39, 0.29) is 43.0 Å². The molecule has 0 fully saturated rings. The van der Waals surface area contributed by atoms with Gasteiger partial charge in [0.25, 0.3) is 11.2 Å². The average molecular weight is 455 g/mol. The number of ether oxygens (including phenoxy) is 1. The van der Waals surface area contributed by atoms with Crippen LogP contribution in [0.4, 0.5) is 5.69 Å². The molecule has 0 aliphatic heterocycles. The second-order valence-electron chi connectivity index (χ2n) is 7.26. The van der Waals surface area contributed by atoms with Crippen LogP contribution in [0.5, 0.6) is 0 Å². The number of hydrogen-bond acceptors (Lipinski definition) is 8. The van der Waals surface area contributed by atoms with Crippen molar-refractivity contribution in [1.82, 2.24) is 9.55 Å². The molecule has 0 aliphatic rings. The molecule has 170 valence electrons. The Morgan fingerprint density at radius 1 is 1.16 bits per heavy atom. The van der Waals surface area contributed by atoms with E-state index in [9.17, 15) is 24.3 Å². The van der Waals surface area contributed by atoms with Gasteiger partial charge in [0.15, 0.2) is 0 Å². The molecular formula is C19H26N3O8P. The number of non-ortho nitro benzene ring substituents is 1. The van der Waals surface area contributed by atoms with Crippen LogP contribution in [0.2, 0.25) is 0 Å². The lowest BCUT2D eigenvalue weighted by Crippen LogP contribution is -2.31. The number of aromatic amines is 1. The summed E-state index contributed by atoms with van der Waals surface area (Å²) in [5, 5.41) is 11.0. The molecule has 12 heteroatoms. The Balaban J connectivity index is 2.14. The van der Waals surface area contributed by atoms with Crippen LogP contribution in [0.25, 0.3) is 11.1 Å². The maximum atomic E-state index is 12.7. The van der Waals surface area contributed by atoms with E-state index in [0.29, 0.717) is 5.56 Å². The van der Waals surface area contributed by atoms with Crippen LogP contribution < -0.4 is 11.2 Å². The smallest absolute Gasteiger partial charge is 0.356 e. The van der Waals surface area contributed by atoms with Crippen LogP contribution in [0.3, 0.4) is 0 Å². The van der Waals surface area contributed by atoms with Crippen LogP contribution in [-0.2, 0) is 24.9 Å². The number of rotatable bonds is 11. The van der Waals surface area contributed by atoms with Crippen molar-refractivity contribution >= 4 is 13.3 Å². The minimum atomic E-state index is -3.48. The van der Waals surface area contributed by atoms with Crippen LogP contribution in [-0.4, -0.2) is 39.6 Å². The summed E-state index contributed by atoms with van der Waals surface area (Å²) < 4.78 is 30.1. The molecule has 0 atom stereocenters. The van der Waals surface area contributed by atoms with Crippen LogP contribution in [0.15, 0.2) is 40.1 Å². The van der Waals surface area contributed by atoms with E-state index < -0.39 is 23.8 Å². The van der Waals surface area contributed by atoms with Crippen molar-refractivity contribution < 1.29 is 23.3 Å². The van der Waals surface area contributed by atoms with Gasteiger partial charge in [0.05, 0.1) is 35.8 Å². The van der Waals surface area contributed by atoms with Gasteiger partial charge in [0, 0.05) is 18.3 Å². The molecule has 1 heterocycles. The lowest BCUT2D eigenvalue weighted by atomic mass is 10.1. The summed E-state index contributed by atoms with van der Waals surface area (Å²) in [4.78, 5) is 36.9. The second-order valence-corrected chi connectivity index (χ2v) is 9.16. The van der Waals surface area contributed by atoms with E-state index in [4.69, 9.17) is 13.8 Å². The van der Waals surface area contributed by atoms with Crippen molar-refractivity contribution in [3.05, 3.63) is 61.4 Å². The van der Waals surface area contributed by atoms with Gasteiger partial charge in [-0.25, -0.2) is 4.79 Å². The standard InChI is InChI=1S/C19H26N3O8P/c1-13(2)29-31(27,30-14(3)4)12-28-9-8-21-11-17(18(23)20-19(21)24)15-6-5-7-16(10-15)22(25)26/h5-7,10-11,13-14H,8-9,12H2,1-4H3,(H,20,23,24). The fraction of sp³-hybridized carbons (Fsp3) is 0.474. The molecule has 0 unspecified atom stereocenters. The third-order valence-corrected chi connectivity index (χ3v) is 5.83. The van der Waals surface area contributed by atoms with Crippen molar-refractivity contribution in [3.63, 3.8) is 0 Å². The molecular weight excluding hydrogens is 429 g/mol. The maximum Gasteiger partial charge on any atom is 0.356 e. The normalized spacial score (nSPS) is 11.9. The van der Waals surface area contributed by atoms with Gasteiger partial charge in [0.1, 0.15) is 6.35 Å². The van der Waals surface area contributed by atoms with Crippen molar-refractivity contribution in [2.24, 2.45) is 0 Å². The summed E-state index contributed by atoms with van der Waals surface area (Å²) in [7, 11) is -3.48. The van der Waals surface area contributed by atoms with Gasteiger partial charge < -0.3 is 13.8 Å². The highest BCUT2D eigenvalue weighted by atomic mass is 31.2. The molecule has 0 aliphatic carbocycles. The van der Waals surface area contributed by atoms with Crippen molar-refractivity contribution in [1.29, 1.82) is 0 Å². The number of nitro benzene ring substituents is 1. The lowest BCUT2D eigenvalue weighted by molar-refractivity contribution is -0.384. The number of nitrogens with one attached hydrogen (secondary N) is 1. The Kier molecular flexibility index (Phi) is 8.46. The zero-order valence-corrected chi connectivity index (χ0v) is 18.7. The molecule has 0 saturated heterocycles. The van der Waals surface area contributed by atoms with E-state index >= 15 is 0 Å². The highest BCUT2D eigenvalue weighted by Gasteiger charge is 2.28. The van der Waals surface area contributed by atoms with E-state index in [1.165, 1.54) is 35.0 Å². The summed E-state index contributed by atoms with van der Waals surface area (Å²) in [6, 6.07) is 5.54. The minimum Gasteiger partial charge on any atom is -0.367 e. The maximum absolute atomic E-state index is 12.7. The van der Waals surface area contributed by atoms with Gasteiger partial charge in [0.2, 0.25) is 0 Å². The van der Waals surface area contributed by atoms with Crippen LogP contribution in [0, 0.1) is 10.1 Å². The number of nitro groups is 1. The molecule has 1 aromatic carbocycles. The fourth-order valence-corrected chi connectivity index (χ4v) is 4.54. The zero-order valence-electron chi connectivity index (χ0n) is 17.8. The molecule has 1 N–H and O–H groups in total. The quantitative estimate of drug-likeness (QED) is 0.236. The largest absolute Gasteiger partial charge is 0.367 e. The van der Waals surface area contributed by atoms with E-state index in [1.807, 2.05) is 0 Å². The fourth-order valence-electron chi connectivity index (χ4n) is 2.74. The van der Waals surface area contributed by atoms with Gasteiger partial charge in [-0.1, -0.05) is 12.1 Å². The first-order valence-corrected chi connectivity index (χ1v) is 11.4. The molecule has 0 spiro atoms. The molecule has 11 nitrogen and oxygen atoms in total. The van der Waals surface area contributed by atoms with Crippen LogP contribution in [0.1, 0.15) is 27.7 Å². The Labute approximate surface area is 178 Å². The predicted molar refractivity (Wildman–Crippen MR) is 114 cm³/mol. The molecule has 0 bridgehead atoms. The Bertz CT molecular complexity index is 1060. The van der Waals surface area contributed by atoms with Gasteiger partial charge in [-0.3, -0.25) is 29.0 Å². The number of H-pyrrole nitrogens is 1. The zero-order chi connectivity index (χ0) is 23.2. The summed E-state index contributed by atoms with van der Waals surface area (Å²) in [6.07, 6.45) is 0.359. The molecule has 0 radical (unpaired) electrons. The van der Waals surface area contributed by atoms with E-state index in [2.05, 4.69) is 4.98 Å². The average Bonchev–Trinajstić information content (AvgIpc) is 2.65. The monoisotopic (exact) mass is 455 g/mol. The molecule has 2 aromatic rings. The topological polar surface area (TPSA) is 143 Å². The molecule has 31 heavy (non-hydrogen) atoms. The molecule has 2 rings (SSSR count). The van der Waals surface area contributed by atoms with Gasteiger partial charge in [-0.2, -0.15) is 0 Å². The van der Waals surface area contributed by atoms with Crippen molar-refractivity contribution in [2.75, 3.05) is 13.0 Å². The SMILES string of the molecule is CC(C)OP(=O)(COCCn1cc(-c2cccc([N+](=O)[O-])c2)c(=O)[nH]c1=O)OC(C)C. The number of nitrogens with zero attached hydrogens (tertiary/aromatic N) is 2. The molecule has 0 amide bonds. The summed E-state index contributed by atoms with van der Waals surface area (Å²) in [5.41, 5.74) is -1.11. The van der Waals surface area contributed by atoms with E-state index in [0.717, 1.165) is 0 Å². The third kappa shape index (κ3) is 7.25. The molecule has 1 aromatic heterocycles. The summed E-state index contributed by atoms with van der Waals surface area (Å²) >= 11 is 0.